The van der Waals surface area contributed by atoms with E-state index in [1.54, 1.807) is 6.07 Å². The van der Waals surface area contributed by atoms with Crippen LogP contribution >= 0.6 is 68.8 Å². The summed E-state index contributed by atoms with van der Waals surface area (Å²) in [6, 6.07) is 36.1. The molecule has 24 nitrogen and oxygen atoms in total. The molecular formula is C77H77Cl3F3N19O5S3. The minimum absolute atomic E-state index is 0.0155. The van der Waals surface area contributed by atoms with E-state index in [-0.39, 0.29) is 49.9 Å². The Labute approximate surface area is 658 Å². The number of nitrogens with one attached hydrogen (secondary N) is 6. The van der Waals surface area contributed by atoms with Gasteiger partial charge in [-0.3, -0.25) is 29.1 Å². The van der Waals surface area contributed by atoms with Gasteiger partial charge in [0, 0.05) is 106 Å². The molecule has 110 heavy (non-hydrogen) atoms. The van der Waals surface area contributed by atoms with Crippen molar-refractivity contribution in [2.24, 2.45) is 0 Å². The Balaban J connectivity index is 0.000000145. The van der Waals surface area contributed by atoms with Gasteiger partial charge in [-0.25, -0.2) is 43.1 Å². The fourth-order valence-electron chi connectivity index (χ4n) is 12.7. The van der Waals surface area contributed by atoms with Crippen molar-refractivity contribution in [2.75, 3.05) is 123 Å². The first-order chi connectivity index (χ1) is 53.1. The van der Waals surface area contributed by atoms with E-state index >= 15 is 0 Å². The summed E-state index contributed by atoms with van der Waals surface area (Å²) in [5.41, 5.74) is 27.0. The first kappa shape index (κ1) is 78.2. The number of nitrogens with two attached hydrogens (primary N) is 3. The highest BCUT2D eigenvalue weighted by Crippen LogP contribution is 2.42. The number of aromatic nitrogens is 6. The minimum atomic E-state index is -0.521. The van der Waals surface area contributed by atoms with Gasteiger partial charge >= 0.3 is 0 Å². The van der Waals surface area contributed by atoms with Crippen LogP contribution in [-0.4, -0.2) is 153 Å². The number of hydrogen-bond donors (Lipinski definition) is 9. The molecule has 33 heteroatoms. The normalized spacial score (nSPS) is 15.2. The Kier molecular flexibility index (Phi) is 25.5. The van der Waals surface area contributed by atoms with Gasteiger partial charge in [0.15, 0.2) is 0 Å². The van der Waals surface area contributed by atoms with Crippen molar-refractivity contribution in [1.29, 1.82) is 0 Å². The van der Waals surface area contributed by atoms with Crippen LogP contribution in [0.1, 0.15) is 71.4 Å². The lowest BCUT2D eigenvalue weighted by Crippen LogP contribution is -2.43. The van der Waals surface area contributed by atoms with Crippen molar-refractivity contribution in [3.8, 4) is 0 Å². The predicted octanol–water partition coefficient (Wildman–Crippen LogP) is 16.2. The number of fused-ring (bicyclic) bond motifs is 3. The number of carbonyl (C=O) groups excluding carboxylic acids is 3. The number of likely N-dealkylation sites (N-methyl/N-ethyl adjacent to an activating group) is 3. The van der Waals surface area contributed by atoms with Crippen molar-refractivity contribution in [1.82, 2.24) is 49.5 Å². The fourth-order valence-corrected chi connectivity index (χ4v) is 16.1. The third kappa shape index (κ3) is 19.6. The molecule has 3 fully saturated rings. The lowest BCUT2D eigenvalue weighted by molar-refractivity contribution is 0.0791. The Morgan fingerprint density at radius 3 is 1.10 bits per heavy atom. The third-order valence-corrected chi connectivity index (χ3v) is 22.6. The lowest BCUT2D eigenvalue weighted by atomic mass is 10.1. The highest BCUT2D eigenvalue weighted by atomic mass is 35.5. The lowest BCUT2D eigenvalue weighted by Gasteiger charge is -2.32. The Morgan fingerprint density at radius 1 is 0.473 bits per heavy atom. The van der Waals surface area contributed by atoms with E-state index < -0.39 is 17.5 Å². The second-order valence-electron chi connectivity index (χ2n) is 26.7. The fraction of sp³-hybridized carbons (Fsp3) is 0.260. The number of ether oxygens (including phenoxy) is 2. The Bertz CT molecular complexity index is 5070. The van der Waals surface area contributed by atoms with Crippen LogP contribution in [0.4, 0.5) is 81.8 Å². The SMILES string of the molecule is CN(Cc1ccc(NC(=O)c2sc3ncnc(Nc4ccc(F)c(Cl)c4)c3c2N)cc1)C[C@@H]1CCCO1.CN(Cc1ccc(NC(=O)c2sc3ncnc(Nc4ccc(F)c(Cl)c4)c3c2N)cc1)C[C@H]1CCCO1.CN1CCN(Cc2ccc(NC(=O)c3sc4ncnc(Nc5ccc(F)c(Cl)c5)c4c3N)cc2)CC1. The molecule has 9 heterocycles. The number of thiophene rings is 3. The molecule has 0 saturated carbocycles. The molecule has 3 aliphatic rings. The summed E-state index contributed by atoms with van der Waals surface area (Å²) in [6.45, 7) is 10.2. The third-order valence-electron chi connectivity index (χ3n) is 18.4. The summed E-state index contributed by atoms with van der Waals surface area (Å²) < 4.78 is 52.0. The van der Waals surface area contributed by atoms with Crippen molar-refractivity contribution in [3.05, 3.63) is 210 Å². The summed E-state index contributed by atoms with van der Waals surface area (Å²) in [5, 5.41) is 19.5. The maximum absolute atomic E-state index is 13.5. The number of carbonyl (C=O) groups is 3. The first-order valence-corrected chi connectivity index (χ1v) is 38.7. The highest BCUT2D eigenvalue weighted by molar-refractivity contribution is 7.22. The maximum Gasteiger partial charge on any atom is 0.267 e. The van der Waals surface area contributed by atoms with Crippen LogP contribution in [0, 0.1) is 17.5 Å². The van der Waals surface area contributed by atoms with E-state index in [1.165, 1.54) is 107 Å². The van der Waals surface area contributed by atoms with E-state index in [9.17, 15) is 27.6 Å². The van der Waals surface area contributed by atoms with Gasteiger partial charge in [-0.15, -0.1) is 34.0 Å². The molecule has 15 rings (SSSR count). The predicted molar refractivity (Wildman–Crippen MR) is 436 cm³/mol. The van der Waals surface area contributed by atoms with E-state index in [0.717, 1.165) is 109 Å². The molecule has 2 atom stereocenters. The molecule has 3 amide bonds. The second-order valence-corrected chi connectivity index (χ2v) is 30.9. The van der Waals surface area contributed by atoms with Gasteiger partial charge in [0.2, 0.25) is 0 Å². The number of nitrogens with zero attached hydrogens (tertiary/aromatic N) is 10. The number of hydrogen-bond acceptors (Lipinski definition) is 24. The van der Waals surface area contributed by atoms with Gasteiger partial charge in [-0.1, -0.05) is 71.2 Å². The van der Waals surface area contributed by atoms with Gasteiger partial charge in [-0.05, 0) is 155 Å². The van der Waals surface area contributed by atoms with Crippen LogP contribution in [0.2, 0.25) is 15.1 Å². The highest BCUT2D eigenvalue weighted by Gasteiger charge is 2.26. The molecule has 12 N–H and O–H groups in total. The number of amides is 3. The van der Waals surface area contributed by atoms with E-state index in [0.29, 0.717) is 109 Å². The molecule has 12 aromatic rings. The van der Waals surface area contributed by atoms with Gasteiger partial charge in [-0.2, -0.15) is 0 Å². The number of halogens is 6. The molecule has 3 saturated heterocycles. The quantitative estimate of drug-likeness (QED) is 0.0304. The summed E-state index contributed by atoms with van der Waals surface area (Å²) in [6.07, 6.45) is 9.24. The molecule has 6 aromatic carbocycles. The van der Waals surface area contributed by atoms with Gasteiger partial charge in [0.1, 0.15) is 83.0 Å². The van der Waals surface area contributed by atoms with Gasteiger partial charge in [0.05, 0.1) is 60.5 Å². The van der Waals surface area contributed by atoms with Crippen molar-refractivity contribution >= 4 is 186 Å². The average Bonchev–Trinajstić information content (AvgIpc) is 1.53. The summed E-state index contributed by atoms with van der Waals surface area (Å²) in [5.74, 6) is -1.34. The number of anilines is 12. The molecule has 3 aliphatic heterocycles. The van der Waals surface area contributed by atoms with Crippen LogP contribution in [0.5, 0.6) is 0 Å². The molecule has 0 unspecified atom stereocenters. The van der Waals surface area contributed by atoms with Crippen LogP contribution < -0.4 is 49.1 Å². The number of piperazine rings is 1. The zero-order chi connectivity index (χ0) is 77.1. The van der Waals surface area contributed by atoms with Crippen molar-refractivity contribution in [2.45, 2.75) is 57.5 Å². The van der Waals surface area contributed by atoms with E-state index in [1.807, 2.05) is 72.8 Å². The van der Waals surface area contributed by atoms with Gasteiger partial charge < -0.3 is 63.5 Å². The van der Waals surface area contributed by atoms with Crippen LogP contribution in [0.25, 0.3) is 30.6 Å². The smallest absolute Gasteiger partial charge is 0.267 e. The summed E-state index contributed by atoms with van der Waals surface area (Å²) in [7, 11) is 6.31. The molecule has 0 aliphatic carbocycles. The topological polar surface area (TPSA) is 310 Å². The summed E-state index contributed by atoms with van der Waals surface area (Å²) >= 11 is 21.2. The Hall–Kier alpha value is -9.93. The number of rotatable bonds is 22. The van der Waals surface area contributed by atoms with E-state index in [2.05, 4.69) is 103 Å². The van der Waals surface area contributed by atoms with E-state index in [4.69, 9.17) is 61.5 Å². The second kappa shape index (κ2) is 35.8. The zero-order valence-corrected chi connectivity index (χ0v) is 64.6. The molecule has 0 bridgehead atoms. The molecule has 570 valence electrons. The first-order valence-electron chi connectivity index (χ1n) is 35.1. The van der Waals surface area contributed by atoms with Crippen LogP contribution in [-0.2, 0) is 29.1 Å². The van der Waals surface area contributed by atoms with Gasteiger partial charge in [0.25, 0.3) is 17.7 Å². The van der Waals surface area contributed by atoms with Crippen LogP contribution in [0.15, 0.2) is 146 Å². The number of benzene rings is 6. The summed E-state index contributed by atoms with van der Waals surface area (Å²) in [4.78, 5) is 76.7. The Morgan fingerprint density at radius 2 is 0.791 bits per heavy atom. The maximum atomic E-state index is 13.5. The molecule has 0 radical (unpaired) electrons. The molecule has 6 aromatic heterocycles. The standard InChI is InChI=1S/2C26H26ClFN6O2S.C25H25ClFN7OS/c2*1-34(13-18-3-2-10-36-18)12-15-4-6-16(7-5-15)33-25(35)23-22(29)21-24(30-14-31-26(21)37-23)32-17-8-9-20(28)19(27)11-17;1-33-8-10-34(11-9-33)13-15-2-4-16(5-3-15)32-24(35)22-21(28)20-23(29-14-30-25(20)36-22)31-17-6-7-19(27)18(26)12-17/h2*4-9,11,14,18H,2-3,10,12-13,29H2,1H3,(H,33,35)(H,30,31,32);2-7,12,14H,8-11,13,28H2,1H3,(H,32,35)(H,29,30,31)/t2*18-;/m10./s1. The minimum Gasteiger partial charge on any atom is -0.397 e. The average molecular weight is 1610 g/mol. The monoisotopic (exact) mass is 1610 g/mol. The zero-order valence-electron chi connectivity index (χ0n) is 59.9. The molecule has 0 spiro atoms. The van der Waals surface area contributed by atoms with Crippen molar-refractivity contribution in [3.63, 3.8) is 0 Å². The number of nitrogen functional groups attached to an aromatic ring is 3. The van der Waals surface area contributed by atoms with Crippen molar-refractivity contribution < 1.29 is 37.0 Å². The largest absolute Gasteiger partial charge is 0.397 e. The molecular weight excluding hydrogens is 1530 g/mol. The van der Waals surface area contributed by atoms with Crippen LogP contribution in [0.3, 0.4) is 0 Å².